The van der Waals surface area contributed by atoms with Gasteiger partial charge >= 0.3 is 0 Å². The van der Waals surface area contributed by atoms with Gasteiger partial charge < -0.3 is 14.2 Å². The van der Waals surface area contributed by atoms with Crippen molar-refractivity contribution in [2.24, 2.45) is 0 Å². The number of aryl methyl sites for hydroxylation is 1. The molecule has 0 saturated carbocycles. The molecule has 4 heterocycles. The van der Waals surface area contributed by atoms with Crippen LogP contribution in [0.1, 0.15) is 16.2 Å². The van der Waals surface area contributed by atoms with Crippen molar-refractivity contribution in [3.63, 3.8) is 0 Å². The Morgan fingerprint density at radius 2 is 1.79 bits per heavy atom. The SMILES string of the molecule is Cc1cccc2nc(C(=O)N3CCN(c4ncccn4)CC3)cn12. The largest absolute Gasteiger partial charge is 0.337 e. The summed E-state index contributed by atoms with van der Waals surface area (Å²) in [4.78, 5) is 29.7. The average Bonchev–Trinajstić information content (AvgIpc) is 3.08. The van der Waals surface area contributed by atoms with Crippen LogP contribution in [0.3, 0.4) is 0 Å². The zero-order valence-corrected chi connectivity index (χ0v) is 13.5. The summed E-state index contributed by atoms with van der Waals surface area (Å²) in [6.45, 7) is 4.74. The van der Waals surface area contributed by atoms with Crippen LogP contribution in [0.5, 0.6) is 0 Å². The molecule has 3 aromatic heterocycles. The van der Waals surface area contributed by atoms with Crippen molar-refractivity contribution in [1.82, 2.24) is 24.3 Å². The molecule has 1 aliphatic heterocycles. The van der Waals surface area contributed by atoms with E-state index in [9.17, 15) is 4.79 Å². The second-order valence-electron chi connectivity index (χ2n) is 5.85. The highest BCUT2D eigenvalue weighted by atomic mass is 16.2. The van der Waals surface area contributed by atoms with Crippen molar-refractivity contribution in [1.29, 1.82) is 0 Å². The first-order chi connectivity index (χ1) is 11.7. The number of nitrogens with zero attached hydrogens (tertiary/aromatic N) is 6. The average molecular weight is 322 g/mol. The smallest absolute Gasteiger partial charge is 0.274 e. The number of amides is 1. The minimum atomic E-state index is -0.0215. The number of anilines is 1. The number of fused-ring (bicyclic) bond motifs is 1. The van der Waals surface area contributed by atoms with E-state index in [0.29, 0.717) is 24.7 Å². The molecule has 0 aromatic carbocycles. The normalized spacial score (nSPS) is 15.0. The number of hydrogen-bond donors (Lipinski definition) is 0. The van der Waals surface area contributed by atoms with Crippen LogP contribution in [0, 0.1) is 6.92 Å². The van der Waals surface area contributed by atoms with E-state index in [1.165, 1.54) is 0 Å². The van der Waals surface area contributed by atoms with Crippen LogP contribution in [0.2, 0.25) is 0 Å². The lowest BCUT2D eigenvalue weighted by atomic mass is 10.3. The number of aromatic nitrogens is 4. The number of imidazole rings is 1. The summed E-state index contributed by atoms with van der Waals surface area (Å²) in [7, 11) is 0. The topological polar surface area (TPSA) is 66.6 Å². The van der Waals surface area contributed by atoms with Gasteiger partial charge in [0.05, 0.1) is 0 Å². The molecule has 0 atom stereocenters. The molecule has 3 aromatic rings. The Morgan fingerprint density at radius 3 is 2.50 bits per heavy atom. The quantitative estimate of drug-likeness (QED) is 0.713. The van der Waals surface area contributed by atoms with Crippen molar-refractivity contribution in [3.05, 3.63) is 54.2 Å². The van der Waals surface area contributed by atoms with Crippen molar-refractivity contribution in [2.45, 2.75) is 6.92 Å². The molecule has 1 fully saturated rings. The van der Waals surface area contributed by atoms with E-state index < -0.39 is 0 Å². The van der Waals surface area contributed by atoms with Crippen LogP contribution < -0.4 is 4.90 Å². The number of rotatable bonds is 2. The summed E-state index contributed by atoms with van der Waals surface area (Å²) >= 11 is 0. The third kappa shape index (κ3) is 2.58. The molecule has 1 saturated heterocycles. The number of piperazine rings is 1. The maximum absolute atomic E-state index is 12.7. The second-order valence-corrected chi connectivity index (χ2v) is 5.85. The van der Waals surface area contributed by atoms with Gasteiger partial charge in [-0.1, -0.05) is 6.07 Å². The van der Waals surface area contributed by atoms with Crippen molar-refractivity contribution in [3.8, 4) is 0 Å². The molecule has 0 N–H and O–H groups in total. The van der Waals surface area contributed by atoms with Crippen LogP contribution in [0.15, 0.2) is 42.9 Å². The molecule has 7 nitrogen and oxygen atoms in total. The van der Waals surface area contributed by atoms with Gasteiger partial charge in [-0.25, -0.2) is 15.0 Å². The first kappa shape index (κ1) is 14.6. The van der Waals surface area contributed by atoms with Crippen molar-refractivity contribution < 1.29 is 4.79 Å². The maximum Gasteiger partial charge on any atom is 0.274 e. The molecule has 24 heavy (non-hydrogen) atoms. The summed E-state index contributed by atoms with van der Waals surface area (Å²) < 4.78 is 1.95. The highest BCUT2D eigenvalue weighted by molar-refractivity contribution is 5.93. The third-order valence-electron chi connectivity index (χ3n) is 4.32. The Bertz CT molecular complexity index is 867. The van der Waals surface area contributed by atoms with Gasteiger partial charge in [0.25, 0.3) is 5.91 Å². The van der Waals surface area contributed by atoms with Crippen molar-refractivity contribution in [2.75, 3.05) is 31.1 Å². The van der Waals surface area contributed by atoms with E-state index in [2.05, 4.69) is 19.9 Å². The first-order valence-electron chi connectivity index (χ1n) is 7.98. The molecular formula is C17H18N6O. The summed E-state index contributed by atoms with van der Waals surface area (Å²) in [5, 5.41) is 0. The van der Waals surface area contributed by atoms with Gasteiger partial charge in [-0.2, -0.15) is 0 Å². The first-order valence-corrected chi connectivity index (χ1v) is 7.98. The van der Waals surface area contributed by atoms with E-state index in [4.69, 9.17) is 0 Å². The van der Waals surface area contributed by atoms with Gasteiger partial charge in [-0.05, 0) is 25.1 Å². The van der Waals surface area contributed by atoms with Crippen LogP contribution in [-0.4, -0.2) is 56.3 Å². The fourth-order valence-electron chi connectivity index (χ4n) is 2.98. The van der Waals surface area contributed by atoms with Crippen LogP contribution in [-0.2, 0) is 0 Å². The molecule has 1 amide bonds. The maximum atomic E-state index is 12.7. The van der Waals surface area contributed by atoms with Gasteiger partial charge in [0, 0.05) is 50.5 Å². The standard InChI is InChI=1S/C17H18N6O/c1-13-4-2-5-15-20-14(12-23(13)15)16(24)21-8-10-22(11-9-21)17-18-6-3-7-19-17/h2-7,12H,8-11H2,1H3. The molecule has 122 valence electrons. The zero-order valence-electron chi connectivity index (χ0n) is 13.5. The lowest BCUT2D eigenvalue weighted by Crippen LogP contribution is -2.49. The lowest BCUT2D eigenvalue weighted by Gasteiger charge is -2.34. The van der Waals surface area contributed by atoms with E-state index in [0.717, 1.165) is 24.4 Å². The number of pyridine rings is 1. The summed E-state index contributed by atoms with van der Waals surface area (Å²) in [5.74, 6) is 0.694. The fourth-order valence-corrected chi connectivity index (χ4v) is 2.98. The molecular weight excluding hydrogens is 304 g/mol. The Balaban J connectivity index is 1.48. The predicted molar refractivity (Wildman–Crippen MR) is 90.1 cm³/mol. The second kappa shape index (κ2) is 5.92. The van der Waals surface area contributed by atoms with Crippen LogP contribution in [0.25, 0.3) is 5.65 Å². The minimum Gasteiger partial charge on any atom is -0.337 e. The zero-order chi connectivity index (χ0) is 16.5. The molecule has 0 unspecified atom stereocenters. The lowest BCUT2D eigenvalue weighted by molar-refractivity contribution is 0.0741. The number of carbonyl (C=O) groups excluding carboxylic acids is 1. The summed E-state index contributed by atoms with van der Waals surface area (Å²) in [5.41, 5.74) is 2.36. The van der Waals surface area contributed by atoms with Gasteiger partial charge in [-0.15, -0.1) is 0 Å². The highest BCUT2D eigenvalue weighted by Gasteiger charge is 2.25. The number of carbonyl (C=O) groups is 1. The third-order valence-corrected chi connectivity index (χ3v) is 4.32. The Morgan fingerprint density at radius 1 is 1.04 bits per heavy atom. The summed E-state index contributed by atoms with van der Waals surface area (Å²) in [6.07, 6.45) is 5.29. The van der Waals surface area contributed by atoms with Crippen molar-refractivity contribution >= 4 is 17.5 Å². The van der Waals surface area contributed by atoms with Gasteiger partial charge in [0.15, 0.2) is 0 Å². The van der Waals surface area contributed by atoms with E-state index in [-0.39, 0.29) is 5.91 Å². The van der Waals surface area contributed by atoms with Gasteiger partial charge in [-0.3, -0.25) is 4.79 Å². The monoisotopic (exact) mass is 322 g/mol. The predicted octanol–water partition coefficient (Wildman–Crippen LogP) is 1.40. The fraction of sp³-hybridized carbons (Fsp3) is 0.294. The molecule has 0 spiro atoms. The molecule has 4 rings (SSSR count). The van der Waals surface area contributed by atoms with Gasteiger partial charge in [0.1, 0.15) is 11.3 Å². The Labute approximate surface area is 139 Å². The molecule has 0 radical (unpaired) electrons. The number of hydrogen-bond acceptors (Lipinski definition) is 5. The molecule has 0 bridgehead atoms. The Kier molecular flexibility index (Phi) is 3.60. The van der Waals surface area contributed by atoms with Crippen LogP contribution >= 0.6 is 0 Å². The molecule has 7 heteroatoms. The molecule has 0 aliphatic carbocycles. The van der Waals surface area contributed by atoms with E-state index in [1.54, 1.807) is 18.5 Å². The van der Waals surface area contributed by atoms with E-state index >= 15 is 0 Å². The van der Waals surface area contributed by atoms with Crippen LogP contribution in [0.4, 0.5) is 5.95 Å². The summed E-state index contributed by atoms with van der Waals surface area (Å²) in [6, 6.07) is 7.66. The highest BCUT2D eigenvalue weighted by Crippen LogP contribution is 2.14. The Hall–Kier alpha value is -2.96. The van der Waals surface area contributed by atoms with Gasteiger partial charge in [0.2, 0.25) is 5.95 Å². The molecule has 1 aliphatic rings. The van der Waals surface area contributed by atoms with E-state index in [1.807, 2.05) is 40.6 Å². The minimum absolute atomic E-state index is 0.0215.